The Morgan fingerprint density at radius 2 is 2.13 bits per heavy atom. The monoisotopic (exact) mass is 270 g/mol. The summed E-state index contributed by atoms with van der Waals surface area (Å²) in [5.74, 6) is 1.90. The Bertz CT molecular complexity index is 336. The lowest BCUT2D eigenvalue weighted by molar-refractivity contribution is 0.920. The van der Waals surface area contributed by atoms with Crippen LogP contribution in [0, 0.1) is 0 Å². The summed E-state index contributed by atoms with van der Waals surface area (Å²) in [5, 5.41) is 3.22. The van der Waals surface area contributed by atoms with E-state index >= 15 is 0 Å². The van der Waals surface area contributed by atoms with E-state index in [1.807, 2.05) is 0 Å². The van der Waals surface area contributed by atoms with Crippen molar-refractivity contribution in [2.75, 3.05) is 29.9 Å². The third-order valence-corrected chi connectivity index (χ3v) is 3.25. The molecule has 0 atom stereocenters. The molecule has 1 saturated heterocycles. The van der Waals surface area contributed by atoms with Gasteiger partial charge in [-0.2, -0.15) is 0 Å². The summed E-state index contributed by atoms with van der Waals surface area (Å²) in [4.78, 5) is 10.8. The maximum atomic E-state index is 4.33. The van der Waals surface area contributed by atoms with Crippen LogP contribution in [0.2, 0.25) is 0 Å². The average molecular weight is 271 g/mol. The molecule has 82 valence electrons. The van der Waals surface area contributed by atoms with Crippen LogP contribution in [0.15, 0.2) is 10.8 Å². The highest BCUT2D eigenvalue weighted by Crippen LogP contribution is 2.31. The Labute approximate surface area is 98.2 Å². The Morgan fingerprint density at radius 1 is 1.40 bits per heavy atom. The zero-order valence-corrected chi connectivity index (χ0v) is 10.4. The van der Waals surface area contributed by atoms with Gasteiger partial charge in [0, 0.05) is 19.6 Å². The van der Waals surface area contributed by atoms with E-state index in [-0.39, 0.29) is 0 Å². The fourth-order valence-electron chi connectivity index (χ4n) is 1.80. The van der Waals surface area contributed by atoms with Crippen LogP contribution in [0.3, 0.4) is 0 Å². The molecule has 0 amide bonds. The summed E-state index contributed by atoms with van der Waals surface area (Å²) in [6.07, 6.45) is 4.14. The van der Waals surface area contributed by atoms with E-state index < -0.39 is 0 Å². The lowest BCUT2D eigenvalue weighted by Gasteiger charge is -2.18. The molecule has 1 aliphatic heterocycles. The van der Waals surface area contributed by atoms with Crippen molar-refractivity contribution < 1.29 is 0 Å². The van der Waals surface area contributed by atoms with E-state index in [1.165, 1.54) is 12.8 Å². The van der Waals surface area contributed by atoms with Gasteiger partial charge in [0.1, 0.15) is 22.4 Å². The second-order valence-corrected chi connectivity index (χ2v) is 4.38. The lowest BCUT2D eigenvalue weighted by atomic mass is 10.4. The lowest BCUT2D eigenvalue weighted by Crippen LogP contribution is -2.20. The van der Waals surface area contributed by atoms with Crippen LogP contribution in [0.25, 0.3) is 0 Å². The summed E-state index contributed by atoms with van der Waals surface area (Å²) >= 11 is 3.56. The second kappa shape index (κ2) is 4.79. The van der Waals surface area contributed by atoms with Crippen LogP contribution in [0.4, 0.5) is 11.6 Å². The van der Waals surface area contributed by atoms with Gasteiger partial charge in [0.25, 0.3) is 0 Å². The van der Waals surface area contributed by atoms with E-state index in [0.29, 0.717) is 0 Å². The standard InChI is InChI=1S/C10H15BrN4/c1-2-12-9-8(11)10(14-7-13-9)15-5-3-4-6-15/h7H,2-6H2,1H3,(H,12,13,14). The molecule has 15 heavy (non-hydrogen) atoms. The summed E-state index contributed by atoms with van der Waals surface area (Å²) < 4.78 is 0.980. The summed E-state index contributed by atoms with van der Waals surface area (Å²) in [5.41, 5.74) is 0. The minimum Gasteiger partial charge on any atom is -0.369 e. The smallest absolute Gasteiger partial charge is 0.148 e. The fourth-order valence-corrected chi connectivity index (χ4v) is 2.40. The quantitative estimate of drug-likeness (QED) is 0.915. The zero-order chi connectivity index (χ0) is 10.7. The van der Waals surface area contributed by atoms with E-state index in [2.05, 4.69) is 43.0 Å². The molecule has 2 rings (SSSR count). The third-order valence-electron chi connectivity index (χ3n) is 2.52. The molecule has 2 heterocycles. The minimum atomic E-state index is 0.870. The van der Waals surface area contributed by atoms with E-state index in [9.17, 15) is 0 Å². The Hall–Kier alpha value is -0.840. The van der Waals surface area contributed by atoms with Crippen molar-refractivity contribution in [3.05, 3.63) is 10.8 Å². The molecule has 1 aliphatic rings. The van der Waals surface area contributed by atoms with Crippen molar-refractivity contribution in [3.8, 4) is 0 Å². The Kier molecular flexibility index (Phi) is 3.41. The fraction of sp³-hybridized carbons (Fsp3) is 0.600. The summed E-state index contributed by atoms with van der Waals surface area (Å²) in [7, 11) is 0. The number of rotatable bonds is 3. The molecular weight excluding hydrogens is 256 g/mol. The highest BCUT2D eigenvalue weighted by Gasteiger charge is 2.18. The maximum absolute atomic E-state index is 4.33. The number of hydrogen-bond donors (Lipinski definition) is 1. The largest absolute Gasteiger partial charge is 0.369 e. The van der Waals surface area contributed by atoms with Gasteiger partial charge in [-0.3, -0.25) is 0 Å². The molecule has 0 bridgehead atoms. The predicted molar refractivity (Wildman–Crippen MR) is 65.3 cm³/mol. The normalized spacial score (nSPS) is 15.7. The molecule has 1 N–H and O–H groups in total. The molecular formula is C10H15BrN4. The van der Waals surface area contributed by atoms with E-state index in [4.69, 9.17) is 0 Å². The van der Waals surface area contributed by atoms with Crippen molar-refractivity contribution >= 4 is 27.6 Å². The molecule has 1 aromatic heterocycles. The first-order valence-electron chi connectivity index (χ1n) is 5.32. The van der Waals surface area contributed by atoms with Crippen molar-refractivity contribution in [2.45, 2.75) is 19.8 Å². The maximum Gasteiger partial charge on any atom is 0.148 e. The number of nitrogens with zero attached hydrogens (tertiary/aromatic N) is 3. The van der Waals surface area contributed by atoms with Gasteiger partial charge in [0.15, 0.2) is 0 Å². The van der Waals surface area contributed by atoms with Crippen LogP contribution < -0.4 is 10.2 Å². The minimum absolute atomic E-state index is 0.870. The first kappa shape index (κ1) is 10.7. The van der Waals surface area contributed by atoms with Crippen molar-refractivity contribution in [1.82, 2.24) is 9.97 Å². The van der Waals surface area contributed by atoms with Gasteiger partial charge in [-0.25, -0.2) is 9.97 Å². The third kappa shape index (κ3) is 2.22. The number of hydrogen-bond acceptors (Lipinski definition) is 4. The van der Waals surface area contributed by atoms with E-state index in [0.717, 1.165) is 35.7 Å². The summed E-state index contributed by atoms with van der Waals surface area (Å²) in [6.45, 7) is 5.13. The molecule has 0 saturated carbocycles. The zero-order valence-electron chi connectivity index (χ0n) is 8.83. The predicted octanol–water partition coefficient (Wildman–Crippen LogP) is 2.27. The topological polar surface area (TPSA) is 41.1 Å². The number of anilines is 2. The highest BCUT2D eigenvalue weighted by molar-refractivity contribution is 9.10. The molecule has 1 fully saturated rings. The first-order valence-corrected chi connectivity index (χ1v) is 6.11. The van der Waals surface area contributed by atoms with Crippen LogP contribution >= 0.6 is 15.9 Å². The van der Waals surface area contributed by atoms with Gasteiger partial charge >= 0.3 is 0 Å². The molecule has 5 heteroatoms. The van der Waals surface area contributed by atoms with Gasteiger partial charge in [-0.05, 0) is 35.7 Å². The first-order chi connectivity index (χ1) is 7.33. The van der Waals surface area contributed by atoms with Gasteiger partial charge in [0.05, 0.1) is 0 Å². The van der Waals surface area contributed by atoms with Crippen LogP contribution in [0.5, 0.6) is 0 Å². The van der Waals surface area contributed by atoms with Crippen LogP contribution in [-0.4, -0.2) is 29.6 Å². The van der Waals surface area contributed by atoms with Gasteiger partial charge in [0.2, 0.25) is 0 Å². The summed E-state index contributed by atoms with van der Waals surface area (Å²) in [6, 6.07) is 0. The van der Waals surface area contributed by atoms with Gasteiger partial charge < -0.3 is 10.2 Å². The Morgan fingerprint density at radius 3 is 2.80 bits per heavy atom. The van der Waals surface area contributed by atoms with Crippen molar-refractivity contribution in [2.24, 2.45) is 0 Å². The molecule has 0 aromatic carbocycles. The van der Waals surface area contributed by atoms with Crippen molar-refractivity contribution in [3.63, 3.8) is 0 Å². The molecule has 0 unspecified atom stereocenters. The molecule has 0 spiro atoms. The second-order valence-electron chi connectivity index (χ2n) is 3.58. The van der Waals surface area contributed by atoms with E-state index in [1.54, 1.807) is 6.33 Å². The number of halogens is 1. The highest BCUT2D eigenvalue weighted by atomic mass is 79.9. The average Bonchev–Trinajstić information content (AvgIpc) is 2.74. The molecule has 0 aliphatic carbocycles. The molecule has 1 aromatic rings. The number of aromatic nitrogens is 2. The molecule has 4 nitrogen and oxygen atoms in total. The number of nitrogens with one attached hydrogen (secondary N) is 1. The van der Waals surface area contributed by atoms with Gasteiger partial charge in [-0.15, -0.1) is 0 Å². The van der Waals surface area contributed by atoms with Crippen LogP contribution in [0.1, 0.15) is 19.8 Å². The van der Waals surface area contributed by atoms with Gasteiger partial charge in [-0.1, -0.05) is 0 Å². The van der Waals surface area contributed by atoms with Crippen LogP contribution in [-0.2, 0) is 0 Å². The SMILES string of the molecule is CCNc1ncnc(N2CCCC2)c1Br. The van der Waals surface area contributed by atoms with Crippen molar-refractivity contribution in [1.29, 1.82) is 0 Å². The Balaban J connectivity index is 2.26. The molecule has 0 radical (unpaired) electrons.